The predicted molar refractivity (Wildman–Crippen MR) is 86.8 cm³/mol. The first-order valence-corrected chi connectivity index (χ1v) is 8.44. The summed E-state index contributed by atoms with van der Waals surface area (Å²) >= 11 is 0. The van der Waals surface area contributed by atoms with E-state index < -0.39 is 15.6 Å². The van der Waals surface area contributed by atoms with E-state index in [0.717, 1.165) is 6.07 Å². The van der Waals surface area contributed by atoms with Crippen molar-refractivity contribution in [3.05, 3.63) is 35.9 Å². The second-order valence-electron chi connectivity index (χ2n) is 4.14. The van der Waals surface area contributed by atoms with E-state index in [1.54, 1.807) is 0 Å². The SMILES string of the molecule is Cc1cc(OP(=O)([O-])[O-])c2ccccc2c1OP(=O)([O-])[O-].O.O.O.O.O.O.[Na+].[Na+].[Na+].[Na+]. The first kappa shape index (κ1) is 58.9. The molecule has 0 saturated heterocycles. The van der Waals surface area contributed by atoms with Gasteiger partial charge in [0.2, 0.25) is 0 Å². The maximum Gasteiger partial charge on any atom is 1.00 e. The summed E-state index contributed by atoms with van der Waals surface area (Å²) in [5, 5.41) is 0.256. The van der Waals surface area contributed by atoms with Gasteiger partial charge in [-0.05, 0) is 18.6 Å². The zero-order valence-electron chi connectivity index (χ0n) is 17.5. The molecule has 0 amide bonds. The third-order valence-electron chi connectivity index (χ3n) is 2.56. The maximum absolute atomic E-state index is 10.8. The van der Waals surface area contributed by atoms with Gasteiger partial charge in [-0.1, -0.05) is 24.3 Å². The topological polar surface area (TPSA) is 334 Å². The number of phosphoric ester groups is 2. The third-order valence-corrected chi connectivity index (χ3v) is 3.38. The fourth-order valence-electron chi connectivity index (χ4n) is 1.88. The van der Waals surface area contributed by atoms with Crippen LogP contribution in [-0.2, 0) is 9.13 Å². The first-order valence-electron chi connectivity index (χ1n) is 5.52. The Hall–Kier alpha value is 2.36. The normalized spacial score (nSPS) is 8.42. The van der Waals surface area contributed by atoms with Gasteiger partial charge < -0.3 is 70.6 Å². The van der Waals surface area contributed by atoms with E-state index in [1.165, 1.54) is 31.2 Å². The smallest absolute Gasteiger partial charge is 0.780 e. The molecule has 0 bridgehead atoms. The van der Waals surface area contributed by atoms with Gasteiger partial charge in [0.25, 0.3) is 0 Å². The van der Waals surface area contributed by atoms with Crippen LogP contribution in [0.5, 0.6) is 11.5 Å². The number of aryl methyl sites for hydroxylation is 1. The summed E-state index contributed by atoms with van der Waals surface area (Å²) in [6.45, 7) is 1.38. The maximum atomic E-state index is 10.8. The molecule has 14 nitrogen and oxygen atoms in total. The molecule has 20 heteroatoms. The zero-order chi connectivity index (χ0) is 15.8. The van der Waals surface area contributed by atoms with Crippen molar-refractivity contribution < 1.29 is 189 Å². The van der Waals surface area contributed by atoms with Crippen LogP contribution >= 0.6 is 15.6 Å². The molecule has 0 aromatic heterocycles. The van der Waals surface area contributed by atoms with Crippen LogP contribution < -0.4 is 147 Å². The fourth-order valence-corrected chi connectivity index (χ4v) is 2.74. The van der Waals surface area contributed by atoms with Crippen molar-refractivity contribution >= 4 is 26.4 Å². The molecule has 31 heavy (non-hydrogen) atoms. The molecule has 0 atom stereocenters. The van der Waals surface area contributed by atoms with E-state index in [9.17, 15) is 28.7 Å². The minimum atomic E-state index is -5.29. The third kappa shape index (κ3) is 19.3. The molecule has 0 heterocycles. The largest absolute Gasteiger partial charge is 1.00 e. The van der Waals surface area contributed by atoms with Crippen molar-refractivity contribution in [2.24, 2.45) is 0 Å². The standard InChI is InChI=1S/C11H12O8P2.4Na.6H2O/c1-7-6-10(18-20(12,13)14)8-4-2-3-5-9(8)11(7)19-21(15,16)17;;;;;;;;;;/h2-6H,1H3,(H2,12,13,14)(H2,15,16,17);;;;;6*1H2/q;4*+1;;;;;;/p-4. The molecule has 0 saturated carbocycles. The van der Waals surface area contributed by atoms with Gasteiger partial charge in [0.15, 0.2) is 0 Å². The minimum absolute atomic E-state index is 0. The van der Waals surface area contributed by atoms with Crippen molar-refractivity contribution in [3.8, 4) is 11.5 Å². The second-order valence-corrected chi connectivity index (χ2v) is 6.30. The van der Waals surface area contributed by atoms with Crippen LogP contribution in [0.3, 0.4) is 0 Å². The number of hydrogen-bond acceptors (Lipinski definition) is 8. The van der Waals surface area contributed by atoms with Crippen molar-refractivity contribution in [3.63, 3.8) is 0 Å². The van der Waals surface area contributed by atoms with Gasteiger partial charge in [-0.15, -0.1) is 0 Å². The zero-order valence-corrected chi connectivity index (χ0v) is 27.3. The average Bonchev–Trinajstić information content (AvgIpc) is 2.31. The van der Waals surface area contributed by atoms with E-state index in [4.69, 9.17) is 0 Å². The molecule has 162 valence electrons. The van der Waals surface area contributed by atoms with Crippen LogP contribution in [0, 0.1) is 6.92 Å². The van der Waals surface area contributed by atoms with Crippen LogP contribution in [0.25, 0.3) is 10.8 Å². The van der Waals surface area contributed by atoms with Crippen LogP contribution in [0.4, 0.5) is 0 Å². The molecule has 2 aromatic rings. The second kappa shape index (κ2) is 24.1. The van der Waals surface area contributed by atoms with E-state index in [0.29, 0.717) is 0 Å². The summed E-state index contributed by atoms with van der Waals surface area (Å²) in [7, 11) is -10.6. The quantitative estimate of drug-likeness (QED) is 0.269. The van der Waals surface area contributed by atoms with Gasteiger partial charge in [-0.25, -0.2) is 0 Å². The monoisotopic (exact) mass is 530 g/mol. The Bertz CT molecular complexity index is 799. The summed E-state index contributed by atoms with van der Waals surface area (Å²) in [5.74, 6) is -0.506. The average molecular weight is 530 g/mol. The Labute approximate surface area is 266 Å². The molecule has 0 aliphatic carbocycles. The van der Waals surface area contributed by atoms with Crippen molar-refractivity contribution in [1.29, 1.82) is 0 Å². The Kier molecular flexibility index (Phi) is 45.7. The Morgan fingerprint density at radius 3 is 1.39 bits per heavy atom. The van der Waals surface area contributed by atoms with Crippen molar-refractivity contribution in [2.75, 3.05) is 0 Å². The van der Waals surface area contributed by atoms with Gasteiger partial charge in [-0.3, -0.25) is 0 Å². The van der Waals surface area contributed by atoms with Crippen LogP contribution in [0.15, 0.2) is 30.3 Å². The van der Waals surface area contributed by atoms with E-state index in [2.05, 4.69) is 9.05 Å². The minimum Gasteiger partial charge on any atom is -0.780 e. The van der Waals surface area contributed by atoms with Crippen LogP contribution in [0.1, 0.15) is 5.56 Å². The number of rotatable bonds is 4. The van der Waals surface area contributed by atoms with E-state index >= 15 is 0 Å². The summed E-state index contributed by atoms with van der Waals surface area (Å²) in [4.78, 5) is 43.1. The summed E-state index contributed by atoms with van der Waals surface area (Å²) in [6.07, 6.45) is 0. The molecule has 12 N–H and O–H groups in total. The summed E-state index contributed by atoms with van der Waals surface area (Å²) < 4.78 is 30.3. The van der Waals surface area contributed by atoms with E-state index in [1.807, 2.05) is 0 Å². The first-order chi connectivity index (χ1) is 9.57. The van der Waals surface area contributed by atoms with Crippen LogP contribution in [0.2, 0.25) is 0 Å². The molecule has 2 rings (SSSR count). The molecule has 0 aliphatic rings. The van der Waals surface area contributed by atoms with Gasteiger partial charge >= 0.3 is 118 Å². The Morgan fingerprint density at radius 1 is 0.677 bits per heavy atom. The summed E-state index contributed by atoms with van der Waals surface area (Å²) in [5.41, 5.74) is 0.129. The molecule has 0 unspecified atom stereocenters. The van der Waals surface area contributed by atoms with Crippen molar-refractivity contribution in [2.45, 2.75) is 6.92 Å². The molecule has 0 fully saturated rings. The number of hydrogen-bond donors (Lipinski definition) is 0. The molecular weight excluding hydrogens is 510 g/mol. The van der Waals surface area contributed by atoms with Gasteiger partial charge in [0.05, 0.1) is 0 Å². The summed E-state index contributed by atoms with van der Waals surface area (Å²) in [6, 6.07) is 6.94. The number of phosphoric acid groups is 2. The fraction of sp³-hybridized carbons (Fsp3) is 0.0909. The Balaban J connectivity index is -0.0000000691. The molecule has 0 spiro atoms. The molecular formula is C11H20Na4O14P2. The van der Waals surface area contributed by atoms with Crippen LogP contribution in [-0.4, -0.2) is 32.9 Å². The predicted octanol–water partition coefficient (Wildman–Crippen LogP) is -17.4. The Morgan fingerprint density at radius 2 is 1.03 bits per heavy atom. The van der Waals surface area contributed by atoms with Crippen molar-refractivity contribution in [1.82, 2.24) is 0 Å². The van der Waals surface area contributed by atoms with Gasteiger partial charge in [0.1, 0.15) is 27.1 Å². The van der Waals surface area contributed by atoms with Gasteiger partial charge in [0, 0.05) is 10.8 Å². The molecule has 2 aromatic carbocycles. The number of benzene rings is 2. The van der Waals surface area contributed by atoms with Gasteiger partial charge in [-0.2, -0.15) is 0 Å². The molecule has 0 radical (unpaired) electrons. The molecule has 0 aliphatic heterocycles. The van der Waals surface area contributed by atoms with E-state index in [-0.39, 0.29) is 179 Å². The number of fused-ring (bicyclic) bond motifs is 1.